The van der Waals surface area contributed by atoms with Gasteiger partial charge in [0.1, 0.15) is 0 Å². The normalized spacial score (nSPS) is 12.2. The fourth-order valence-corrected chi connectivity index (χ4v) is 1.72. The molecule has 0 bridgehead atoms. The van der Waals surface area contributed by atoms with Crippen LogP contribution in [0.15, 0.2) is 12.3 Å². The lowest BCUT2D eigenvalue weighted by Gasteiger charge is -2.15. The highest BCUT2D eigenvalue weighted by atomic mass is 16.5. The molecule has 1 heterocycles. The molecule has 1 atom stereocenters. The van der Waals surface area contributed by atoms with E-state index in [1.165, 1.54) is 0 Å². The zero-order chi connectivity index (χ0) is 12.5. The summed E-state index contributed by atoms with van der Waals surface area (Å²) in [5, 5.41) is 12.1. The summed E-state index contributed by atoms with van der Waals surface area (Å²) in [6.07, 6.45) is 4.68. The number of nitrogens with zero attached hydrogens (tertiary/aromatic N) is 2. The maximum Gasteiger partial charge on any atom is 0.225 e. The Morgan fingerprint density at radius 1 is 1.47 bits per heavy atom. The van der Waals surface area contributed by atoms with E-state index in [4.69, 9.17) is 9.84 Å². The second-order valence-corrected chi connectivity index (χ2v) is 3.97. The van der Waals surface area contributed by atoms with E-state index in [0.717, 1.165) is 25.8 Å². The Labute approximate surface area is 102 Å². The third-order valence-electron chi connectivity index (χ3n) is 2.62. The molecule has 0 fully saturated rings. The van der Waals surface area contributed by atoms with Gasteiger partial charge in [-0.1, -0.05) is 13.3 Å². The summed E-state index contributed by atoms with van der Waals surface area (Å²) in [6, 6.07) is 1.71. The number of aliphatic hydroxyl groups is 1. The van der Waals surface area contributed by atoms with Crippen molar-refractivity contribution < 1.29 is 9.84 Å². The molecule has 0 aliphatic heterocycles. The lowest BCUT2D eigenvalue weighted by molar-refractivity contribution is 0.255. The van der Waals surface area contributed by atoms with Crippen molar-refractivity contribution in [3.63, 3.8) is 0 Å². The molecule has 0 spiro atoms. The fourth-order valence-electron chi connectivity index (χ4n) is 1.72. The Bertz CT molecular complexity index is 314. The van der Waals surface area contributed by atoms with Gasteiger partial charge in [-0.15, -0.1) is 0 Å². The first-order valence-corrected chi connectivity index (χ1v) is 6.02. The molecule has 17 heavy (non-hydrogen) atoms. The van der Waals surface area contributed by atoms with Crippen LogP contribution in [0.2, 0.25) is 0 Å². The first-order valence-electron chi connectivity index (χ1n) is 6.02. The molecule has 1 unspecified atom stereocenters. The van der Waals surface area contributed by atoms with Crippen LogP contribution in [0.1, 0.15) is 26.2 Å². The summed E-state index contributed by atoms with van der Waals surface area (Å²) < 4.78 is 5.03. The molecule has 0 radical (unpaired) electrons. The van der Waals surface area contributed by atoms with Gasteiger partial charge in [-0.2, -0.15) is 4.98 Å². The van der Waals surface area contributed by atoms with E-state index in [1.54, 1.807) is 19.4 Å². The molecular weight excluding hydrogens is 218 g/mol. The average molecular weight is 239 g/mol. The smallest absolute Gasteiger partial charge is 0.225 e. The summed E-state index contributed by atoms with van der Waals surface area (Å²) in [4.78, 5) is 8.29. The van der Waals surface area contributed by atoms with E-state index in [1.807, 2.05) is 0 Å². The summed E-state index contributed by atoms with van der Waals surface area (Å²) in [5.41, 5.74) is 0. The van der Waals surface area contributed by atoms with Gasteiger partial charge in [0, 0.05) is 25.4 Å². The van der Waals surface area contributed by atoms with Gasteiger partial charge < -0.3 is 15.2 Å². The number of rotatable bonds is 8. The number of aliphatic hydroxyl groups excluding tert-OH is 1. The second-order valence-electron chi connectivity index (χ2n) is 3.97. The third kappa shape index (κ3) is 4.99. The monoisotopic (exact) mass is 239 g/mol. The number of ether oxygens (including phenoxy) is 1. The molecule has 1 rings (SSSR count). The molecular formula is C12H21N3O2. The predicted octanol–water partition coefficient (Wildman–Crippen LogP) is 1.70. The molecule has 0 amide bonds. The number of nitrogens with one attached hydrogen (secondary N) is 1. The van der Waals surface area contributed by atoms with Crippen LogP contribution >= 0.6 is 0 Å². The Morgan fingerprint density at radius 2 is 2.29 bits per heavy atom. The van der Waals surface area contributed by atoms with Crippen molar-refractivity contribution in [1.29, 1.82) is 0 Å². The first-order chi connectivity index (χ1) is 8.30. The molecule has 0 saturated heterocycles. The van der Waals surface area contributed by atoms with Crippen LogP contribution in [0.3, 0.4) is 0 Å². The highest BCUT2D eigenvalue weighted by Gasteiger charge is 2.08. The maximum atomic E-state index is 8.96. The van der Waals surface area contributed by atoms with Gasteiger partial charge in [-0.25, -0.2) is 4.98 Å². The molecule has 5 nitrogen and oxygen atoms in total. The number of hydrogen-bond donors (Lipinski definition) is 2. The van der Waals surface area contributed by atoms with E-state index < -0.39 is 0 Å². The minimum Gasteiger partial charge on any atom is -0.481 e. The minimum atomic E-state index is 0.227. The summed E-state index contributed by atoms with van der Waals surface area (Å²) >= 11 is 0. The largest absolute Gasteiger partial charge is 0.481 e. The van der Waals surface area contributed by atoms with Crippen molar-refractivity contribution in [2.75, 3.05) is 25.6 Å². The average Bonchev–Trinajstić information content (AvgIpc) is 2.37. The molecule has 1 aromatic heterocycles. The molecule has 1 aromatic rings. The summed E-state index contributed by atoms with van der Waals surface area (Å²) in [7, 11) is 1.58. The van der Waals surface area contributed by atoms with Crippen LogP contribution in [0.25, 0.3) is 0 Å². The zero-order valence-corrected chi connectivity index (χ0v) is 10.5. The maximum absolute atomic E-state index is 8.96. The standard InChI is InChI=1S/C12H21N3O2/c1-3-4-10(6-8-16)9-14-12-13-7-5-11(15-12)17-2/h5,7,10,16H,3-4,6,8-9H2,1-2H3,(H,13,14,15). The van der Waals surface area contributed by atoms with Crippen LogP contribution in [0, 0.1) is 5.92 Å². The van der Waals surface area contributed by atoms with Gasteiger partial charge >= 0.3 is 0 Å². The van der Waals surface area contributed by atoms with Gasteiger partial charge in [-0.05, 0) is 18.8 Å². The molecule has 0 aliphatic carbocycles. The van der Waals surface area contributed by atoms with E-state index in [0.29, 0.717) is 17.7 Å². The Balaban J connectivity index is 2.46. The van der Waals surface area contributed by atoms with E-state index in [9.17, 15) is 0 Å². The van der Waals surface area contributed by atoms with Crippen molar-refractivity contribution >= 4 is 5.95 Å². The summed E-state index contributed by atoms with van der Waals surface area (Å²) in [5.74, 6) is 1.58. The Morgan fingerprint density at radius 3 is 2.94 bits per heavy atom. The topological polar surface area (TPSA) is 67.3 Å². The number of anilines is 1. The lowest BCUT2D eigenvalue weighted by atomic mass is 10.0. The zero-order valence-electron chi connectivity index (χ0n) is 10.5. The van der Waals surface area contributed by atoms with E-state index in [2.05, 4.69) is 22.2 Å². The fraction of sp³-hybridized carbons (Fsp3) is 0.667. The number of hydrogen-bond acceptors (Lipinski definition) is 5. The highest BCUT2D eigenvalue weighted by Crippen LogP contribution is 2.13. The number of aromatic nitrogens is 2. The van der Waals surface area contributed by atoms with Gasteiger partial charge in [-0.3, -0.25) is 0 Å². The van der Waals surface area contributed by atoms with Crippen LogP contribution in [-0.4, -0.2) is 35.3 Å². The van der Waals surface area contributed by atoms with Crippen LogP contribution in [0.4, 0.5) is 5.95 Å². The third-order valence-corrected chi connectivity index (χ3v) is 2.62. The molecule has 0 aliphatic rings. The molecule has 0 aromatic carbocycles. The van der Waals surface area contributed by atoms with E-state index in [-0.39, 0.29) is 6.61 Å². The molecule has 2 N–H and O–H groups in total. The van der Waals surface area contributed by atoms with Crippen LogP contribution in [-0.2, 0) is 0 Å². The van der Waals surface area contributed by atoms with Crippen LogP contribution in [0.5, 0.6) is 5.88 Å². The summed E-state index contributed by atoms with van der Waals surface area (Å²) in [6.45, 7) is 3.15. The van der Waals surface area contributed by atoms with Gasteiger partial charge in [0.25, 0.3) is 0 Å². The Kier molecular flexibility index (Phi) is 6.32. The minimum absolute atomic E-state index is 0.227. The van der Waals surface area contributed by atoms with Gasteiger partial charge in [0.2, 0.25) is 11.8 Å². The van der Waals surface area contributed by atoms with Crippen molar-refractivity contribution in [3.05, 3.63) is 12.3 Å². The SMILES string of the molecule is CCCC(CCO)CNc1nccc(OC)n1. The van der Waals surface area contributed by atoms with Crippen molar-refractivity contribution in [1.82, 2.24) is 9.97 Å². The highest BCUT2D eigenvalue weighted by molar-refractivity contribution is 5.27. The Hall–Kier alpha value is -1.36. The predicted molar refractivity (Wildman–Crippen MR) is 67.2 cm³/mol. The van der Waals surface area contributed by atoms with Crippen molar-refractivity contribution in [3.8, 4) is 5.88 Å². The first kappa shape index (κ1) is 13.7. The molecule has 5 heteroatoms. The quantitative estimate of drug-likeness (QED) is 0.722. The molecule has 0 saturated carbocycles. The van der Waals surface area contributed by atoms with E-state index >= 15 is 0 Å². The number of methoxy groups -OCH3 is 1. The second kappa shape index (κ2) is 7.84. The van der Waals surface area contributed by atoms with Gasteiger partial charge in [0.15, 0.2) is 0 Å². The lowest BCUT2D eigenvalue weighted by Crippen LogP contribution is -2.17. The molecule has 96 valence electrons. The van der Waals surface area contributed by atoms with Gasteiger partial charge in [0.05, 0.1) is 7.11 Å². The van der Waals surface area contributed by atoms with Crippen molar-refractivity contribution in [2.45, 2.75) is 26.2 Å². The van der Waals surface area contributed by atoms with Crippen LogP contribution < -0.4 is 10.1 Å². The van der Waals surface area contributed by atoms with Crippen molar-refractivity contribution in [2.24, 2.45) is 5.92 Å².